The van der Waals surface area contributed by atoms with Crippen LogP contribution in [0.5, 0.6) is 0 Å². The Bertz CT molecular complexity index is 311. The van der Waals surface area contributed by atoms with E-state index < -0.39 is 11.0 Å². The molecule has 0 saturated heterocycles. The lowest BCUT2D eigenvalue weighted by molar-refractivity contribution is -0.130. The van der Waals surface area contributed by atoms with Crippen LogP contribution in [0, 0.1) is 5.41 Å². The minimum absolute atomic E-state index is 0.0780. The number of thiocarbonyl (C=S) groups is 1. The Morgan fingerprint density at radius 2 is 1.74 bits per heavy atom. The molecule has 1 amide bonds. The lowest BCUT2D eigenvalue weighted by atomic mass is 9.77. The van der Waals surface area contributed by atoms with Gasteiger partial charge in [-0.25, -0.2) is 0 Å². The molecule has 5 heteroatoms. The summed E-state index contributed by atoms with van der Waals surface area (Å²) in [6, 6.07) is 0. The van der Waals surface area contributed by atoms with Crippen LogP contribution in [0.15, 0.2) is 0 Å². The van der Waals surface area contributed by atoms with Gasteiger partial charge in [-0.2, -0.15) is 0 Å². The maximum absolute atomic E-state index is 12.6. The molecule has 0 saturated carbocycles. The normalized spacial score (nSPS) is 12.3. The van der Waals surface area contributed by atoms with Crippen LogP contribution in [0.3, 0.4) is 0 Å². The molecule has 0 aromatic carbocycles. The Kier molecular flexibility index (Phi) is 7.52. The highest BCUT2D eigenvalue weighted by atomic mass is 32.1. The van der Waals surface area contributed by atoms with E-state index in [1.165, 1.54) is 0 Å². The van der Waals surface area contributed by atoms with E-state index in [-0.39, 0.29) is 5.91 Å². The summed E-state index contributed by atoms with van der Waals surface area (Å²) in [6.45, 7) is 8.38. The minimum atomic E-state index is -0.732. The van der Waals surface area contributed by atoms with Gasteiger partial charge < -0.3 is 15.8 Å². The Morgan fingerprint density at radius 1 is 1.26 bits per heavy atom. The van der Waals surface area contributed by atoms with Crippen LogP contribution >= 0.6 is 12.2 Å². The average Bonchev–Trinajstić information content (AvgIpc) is 2.27. The standard InChI is InChI=1S/C14H28N2O2S/c1-6-8-14(9-7-2,11(15)19)12(17)16-13(3,4)10-18-5/h6-10H2,1-5H3,(H2,15,19)(H,16,17). The van der Waals surface area contributed by atoms with Gasteiger partial charge in [0.2, 0.25) is 5.91 Å². The summed E-state index contributed by atoms with van der Waals surface area (Å²) in [7, 11) is 1.62. The molecule has 0 heterocycles. The molecule has 0 aromatic heterocycles. The topological polar surface area (TPSA) is 64.3 Å². The van der Waals surface area contributed by atoms with Crippen molar-refractivity contribution in [2.24, 2.45) is 11.1 Å². The number of nitrogens with two attached hydrogens (primary N) is 1. The lowest BCUT2D eigenvalue weighted by Gasteiger charge is -2.35. The first-order valence-electron chi connectivity index (χ1n) is 6.87. The number of hydrogen-bond acceptors (Lipinski definition) is 3. The molecule has 0 spiro atoms. The monoisotopic (exact) mass is 288 g/mol. The van der Waals surface area contributed by atoms with Crippen molar-refractivity contribution in [1.29, 1.82) is 0 Å². The van der Waals surface area contributed by atoms with Gasteiger partial charge in [-0.15, -0.1) is 0 Å². The van der Waals surface area contributed by atoms with Crippen molar-refractivity contribution < 1.29 is 9.53 Å². The molecule has 0 aliphatic carbocycles. The zero-order valence-corrected chi connectivity index (χ0v) is 13.7. The Hall–Kier alpha value is -0.680. The third kappa shape index (κ3) is 5.07. The molecule has 0 aliphatic heterocycles. The van der Waals surface area contributed by atoms with Crippen molar-refractivity contribution in [2.75, 3.05) is 13.7 Å². The Morgan fingerprint density at radius 3 is 2.05 bits per heavy atom. The minimum Gasteiger partial charge on any atom is -0.392 e. The van der Waals surface area contributed by atoms with Crippen LogP contribution in [0.4, 0.5) is 0 Å². The van der Waals surface area contributed by atoms with Gasteiger partial charge in [-0.05, 0) is 26.7 Å². The fourth-order valence-electron chi connectivity index (χ4n) is 2.39. The van der Waals surface area contributed by atoms with Crippen molar-refractivity contribution in [2.45, 2.75) is 58.9 Å². The number of methoxy groups -OCH3 is 1. The first-order chi connectivity index (χ1) is 8.75. The van der Waals surface area contributed by atoms with Crippen molar-refractivity contribution in [3.8, 4) is 0 Å². The molecule has 0 fully saturated rings. The summed E-state index contributed by atoms with van der Waals surface area (Å²) in [5.41, 5.74) is 4.72. The molecule has 0 radical (unpaired) electrons. The van der Waals surface area contributed by atoms with Crippen molar-refractivity contribution in [1.82, 2.24) is 5.32 Å². The summed E-state index contributed by atoms with van der Waals surface area (Å²) in [5, 5.41) is 3.02. The molecule has 19 heavy (non-hydrogen) atoms. The van der Waals surface area contributed by atoms with E-state index >= 15 is 0 Å². The third-order valence-corrected chi connectivity index (χ3v) is 3.61. The molecular weight excluding hydrogens is 260 g/mol. The third-order valence-electron chi connectivity index (χ3n) is 3.22. The zero-order valence-electron chi connectivity index (χ0n) is 12.8. The second-order valence-corrected chi connectivity index (χ2v) is 6.16. The first-order valence-corrected chi connectivity index (χ1v) is 7.28. The predicted molar refractivity (Wildman–Crippen MR) is 83.1 cm³/mol. The van der Waals surface area contributed by atoms with Gasteiger partial charge in [0.15, 0.2) is 0 Å². The molecule has 0 rings (SSSR count). The van der Waals surface area contributed by atoms with Gasteiger partial charge >= 0.3 is 0 Å². The molecule has 0 atom stereocenters. The maximum atomic E-state index is 12.6. The molecule has 0 unspecified atom stereocenters. The van der Waals surface area contributed by atoms with Gasteiger partial charge in [-0.3, -0.25) is 4.79 Å². The second kappa shape index (κ2) is 7.80. The van der Waals surface area contributed by atoms with Crippen molar-refractivity contribution in [3.63, 3.8) is 0 Å². The summed E-state index contributed by atoms with van der Waals surface area (Å²) in [6.07, 6.45) is 3.11. The fraction of sp³-hybridized carbons (Fsp3) is 0.857. The van der Waals surface area contributed by atoms with E-state index in [1.807, 2.05) is 27.7 Å². The second-order valence-electron chi connectivity index (χ2n) is 5.72. The van der Waals surface area contributed by atoms with E-state index in [4.69, 9.17) is 22.7 Å². The molecule has 0 aliphatic rings. The largest absolute Gasteiger partial charge is 0.392 e. The van der Waals surface area contributed by atoms with Crippen LogP contribution in [-0.2, 0) is 9.53 Å². The van der Waals surface area contributed by atoms with Crippen molar-refractivity contribution >= 4 is 23.1 Å². The number of nitrogens with one attached hydrogen (secondary N) is 1. The number of carbonyl (C=O) groups excluding carboxylic acids is 1. The maximum Gasteiger partial charge on any atom is 0.233 e. The number of rotatable bonds is 9. The summed E-state index contributed by atoms with van der Waals surface area (Å²) < 4.78 is 5.12. The van der Waals surface area contributed by atoms with Gasteiger partial charge in [0, 0.05) is 7.11 Å². The highest BCUT2D eigenvalue weighted by molar-refractivity contribution is 7.80. The SMILES string of the molecule is CCCC(CCC)(C(=O)NC(C)(C)COC)C(N)=S. The molecule has 3 N–H and O–H groups in total. The Balaban J connectivity index is 5.15. The average molecular weight is 288 g/mol. The van der Waals surface area contributed by atoms with Crippen molar-refractivity contribution in [3.05, 3.63) is 0 Å². The zero-order chi connectivity index (χ0) is 15.1. The van der Waals surface area contributed by atoms with Gasteiger partial charge in [0.25, 0.3) is 0 Å². The highest BCUT2D eigenvalue weighted by Crippen LogP contribution is 2.31. The van der Waals surface area contributed by atoms with E-state index in [0.717, 1.165) is 12.8 Å². The summed E-state index contributed by atoms with van der Waals surface area (Å²) >= 11 is 5.18. The van der Waals surface area contributed by atoms with Gasteiger partial charge in [-0.1, -0.05) is 38.9 Å². The molecule has 4 nitrogen and oxygen atoms in total. The quantitative estimate of drug-likeness (QED) is 0.639. The van der Waals surface area contributed by atoms with Crippen LogP contribution in [-0.4, -0.2) is 30.2 Å². The van der Waals surface area contributed by atoms with Gasteiger partial charge in [0.1, 0.15) is 0 Å². The molecular formula is C14H28N2O2S. The van der Waals surface area contributed by atoms with E-state index in [2.05, 4.69) is 5.32 Å². The van der Waals surface area contributed by atoms with Crippen LogP contribution in [0.1, 0.15) is 53.4 Å². The van der Waals surface area contributed by atoms with E-state index in [9.17, 15) is 4.79 Å². The lowest BCUT2D eigenvalue weighted by Crippen LogP contribution is -2.56. The number of ether oxygens (including phenoxy) is 1. The summed E-state index contributed by atoms with van der Waals surface area (Å²) in [5.74, 6) is -0.0780. The van der Waals surface area contributed by atoms with E-state index in [0.29, 0.717) is 24.4 Å². The molecule has 112 valence electrons. The Labute approximate surface area is 122 Å². The first kappa shape index (κ1) is 18.3. The van der Waals surface area contributed by atoms with E-state index in [1.54, 1.807) is 7.11 Å². The number of hydrogen-bond donors (Lipinski definition) is 2. The molecule has 0 aromatic rings. The van der Waals surface area contributed by atoms with Crippen LogP contribution < -0.4 is 11.1 Å². The number of amides is 1. The van der Waals surface area contributed by atoms with Gasteiger partial charge in [0.05, 0.1) is 22.5 Å². The molecule has 0 bridgehead atoms. The van der Waals surface area contributed by atoms with Crippen LogP contribution in [0.25, 0.3) is 0 Å². The fourth-order valence-corrected chi connectivity index (χ4v) is 2.68. The smallest absolute Gasteiger partial charge is 0.233 e. The highest BCUT2D eigenvalue weighted by Gasteiger charge is 2.41. The number of carbonyl (C=O) groups is 1. The summed E-state index contributed by atoms with van der Waals surface area (Å²) in [4.78, 5) is 12.9. The van der Waals surface area contributed by atoms with Crippen LogP contribution in [0.2, 0.25) is 0 Å². The predicted octanol–water partition coefficient (Wildman–Crippen LogP) is 2.40.